The highest BCUT2D eigenvalue weighted by Gasteiger charge is 2.35. The van der Waals surface area contributed by atoms with Gasteiger partial charge in [-0.3, -0.25) is 14.9 Å². The summed E-state index contributed by atoms with van der Waals surface area (Å²) < 4.78 is 33.9. The first-order valence-electron chi connectivity index (χ1n) is 11.5. The number of nitrogens with two attached hydrogens (primary N) is 2. The Labute approximate surface area is 209 Å². The van der Waals surface area contributed by atoms with Gasteiger partial charge >= 0.3 is 0 Å². The molecule has 0 aliphatic heterocycles. The van der Waals surface area contributed by atoms with Crippen molar-refractivity contribution in [3.63, 3.8) is 0 Å². The summed E-state index contributed by atoms with van der Waals surface area (Å²) in [6, 6.07) is 6.93. The topological polar surface area (TPSA) is 142 Å². The molecule has 5 N–H and O–H groups in total. The van der Waals surface area contributed by atoms with Gasteiger partial charge in [0.25, 0.3) is 5.91 Å². The summed E-state index contributed by atoms with van der Waals surface area (Å²) in [6.45, 7) is 9.22. The van der Waals surface area contributed by atoms with Crippen LogP contribution in [-0.4, -0.2) is 40.4 Å². The minimum Gasteiger partial charge on any atom is -0.383 e. The molecule has 9 nitrogen and oxygen atoms in total. The second-order valence-electron chi connectivity index (χ2n) is 10.3. The predicted octanol–water partition coefficient (Wildman–Crippen LogP) is 3.34. The number of anilines is 2. The third-order valence-electron chi connectivity index (χ3n) is 5.89. The number of rotatable bonds is 8. The van der Waals surface area contributed by atoms with Crippen LogP contribution >= 0.6 is 0 Å². The highest BCUT2D eigenvalue weighted by atomic mass is 19.3. The van der Waals surface area contributed by atoms with Crippen LogP contribution in [0.5, 0.6) is 0 Å². The number of aromatic nitrogens is 3. The van der Waals surface area contributed by atoms with E-state index in [1.807, 2.05) is 0 Å². The summed E-state index contributed by atoms with van der Waals surface area (Å²) in [7, 11) is 0.744. The fourth-order valence-corrected chi connectivity index (χ4v) is 3.71. The number of nitrogens with zero attached hydrogens (tertiary/aromatic N) is 3. The lowest BCUT2D eigenvalue weighted by molar-refractivity contribution is -0.117. The van der Waals surface area contributed by atoms with Crippen LogP contribution in [0.25, 0.3) is 11.3 Å². The van der Waals surface area contributed by atoms with E-state index in [1.165, 1.54) is 6.92 Å². The van der Waals surface area contributed by atoms with Crippen molar-refractivity contribution in [2.75, 3.05) is 11.1 Å². The number of benzene rings is 1. The van der Waals surface area contributed by atoms with Crippen molar-refractivity contribution in [3.05, 3.63) is 47.2 Å². The van der Waals surface area contributed by atoms with Gasteiger partial charge in [-0.05, 0) is 31.2 Å². The van der Waals surface area contributed by atoms with E-state index >= 15 is 0 Å². The first-order valence-corrected chi connectivity index (χ1v) is 11.5. The molecule has 12 heteroatoms. The number of hydrogen-bond acceptors (Lipinski definition) is 6. The number of amides is 2. The summed E-state index contributed by atoms with van der Waals surface area (Å²) in [5.74, 6) is -4.83. The molecule has 0 radical (unpaired) electrons. The molecular weight excluding hydrogens is 469 g/mol. The Bertz CT molecular complexity index is 1260. The zero-order valence-electron chi connectivity index (χ0n) is 21.2. The van der Waals surface area contributed by atoms with Crippen molar-refractivity contribution in [1.29, 1.82) is 0 Å². The number of alkyl halides is 2. The van der Waals surface area contributed by atoms with E-state index in [4.69, 9.17) is 16.0 Å². The highest BCUT2D eigenvalue weighted by Crippen LogP contribution is 2.34. The maximum absolute atomic E-state index is 13.9. The van der Waals surface area contributed by atoms with Gasteiger partial charge in [-0.2, -0.15) is 5.10 Å². The van der Waals surface area contributed by atoms with Crippen molar-refractivity contribution in [3.8, 4) is 11.3 Å². The van der Waals surface area contributed by atoms with Crippen LogP contribution in [0.1, 0.15) is 68.2 Å². The molecule has 0 aliphatic carbocycles. The Hall–Kier alpha value is -3.70. The van der Waals surface area contributed by atoms with Crippen LogP contribution < -0.4 is 16.8 Å². The zero-order chi connectivity index (χ0) is 27.0. The molecule has 3 rings (SSSR count). The van der Waals surface area contributed by atoms with Crippen molar-refractivity contribution >= 4 is 31.4 Å². The molecule has 2 amide bonds. The van der Waals surface area contributed by atoms with Crippen LogP contribution in [0.3, 0.4) is 0 Å². The van der Waals surface area contributed by atoms with Crippen LogP contribution in [-0.2, 0) is 11.2 Å². The second-order valence-corrected chi connectivity index (χ2v) is 10.3. The lowest BCUT2D eigenvalue weighted by Gasteiger charge is -2.21. The third kappa shape index (κ3) is 5.92. The standard InChI is InChI=1S/C24H31BF2N6O3/c1-12(22(35)30-17-10-16(32-36-17)11-23(3,4)5)14-6-8-15(9-7-14)19-18(21(29)34)20(28)33(31-19)13(2)24(25,26)27/h6-10,12-13H,11,25,28H2,1-5H3,(H2,29,34)(H,30,35). The van der Waals surface area contributed by atoms with Crippen LogP contribution in [0, 0.1) is 5.41 Å². The van der Waals surface area contributed by atoms with E-state index in [0.29, 0.717) is 17.5 Å². The SMILES string of the molecule is BC(F)(F)C(C)n1nc(-c2ccc(C(C)C(=O)Nc3cc(CC(C)(C)C)no3)cc2)c(C(N)=O)c1N. The number of primary amides is 1. The van der Waals surface area contributed by atoms with E-state index in [0.717, 1.165) is 18.2 Å². The highest BCUT2D eigenvalue weighted by molar-refractivity contribution is 6.13. The summed E-state index contributed by atoms with van der Waals surface area (Å²) >= 11 is 0. The van der Waals surface area contributed by atoms with Crippen molar-refractivity contribution in [1.82, 2.24) is 14.9 Å². The van der Waals surface area contributed by atoms with E-state index in [2.05, 4.69) is 36.3 Å². The van der Waals surface area contributed by atoms with Gasteiger partial charge < -0.3 is 16.0 Å². The van der Waals surface area contributed by atoms with Crippen LogP contribution in [0.4, 0.5) is 20.5 Å². The molecule has 192 valence electrons. The number of nitrogens with one attached hydrogen (secondary N) is 1. The maximum atomic E-state index is 13.9. The van der Waals surface area contributed by atoms with Gasteiger partial charge in [0.2, 0.25) is 17.6 Å². The minimum absolute atomic E-state index is 0.0253. The molecule has 2 heterocycles. The smallest absolute Gasteiger partial charge is 0.254 e. The molecule has 0 bridgehead atoms. The Morgan fingerprint density at radius 3 is 2.33 bits per heavy atom. The molecule has 36 heavy (non-hydrogen) atoms. The molecule has 2 unspecified atom stereocenters. The van der Waals surface area contributed by atoms with Gasteiger partial charge in [-0.1, -0.05) is 50.2 Å². The summed E-state index contributed by atoms with van der Waals surface area (Å²) in [5, 5.41) is 10.9. The third-order valence-corrected chi connectivity index (χ3v) is 5.89. The van der Waals surface area contributed by atoms with E-state index in [1.54, 1.807) is 37.3 Å². The van der Waals surface area contributed by atoms with Gasteiger partial charge in [0, 0.05) is 11.6 Å². The summed E-state index contributed by atoms with van der Waals surface area (Å²) in [4.78, 5) is 24.8. The monoisotopic (exact) mass is 500 g/mol. The number of carbonyl (C=O) groups excluding carboxylic acids is 2. The van der Waals surface area contributed by atoms with Crippen molar-refractivity contribution in [2.45, 2.75) is 58.8 Å². The molecule has 0 spiro atoms. The second kappa shape index (κ2) is 9.75. The fourth-order valence-electron chi connectivity index (χ4n) is 3.71. The zero-order valence-corrected chi connectivity index (χ0v) is 21.2. The van der Waals surface area contributed by atoms with E-state index in [-0.39, 0.29) is 34.3 Å². The molecule has 0 fully saturated rings. The number of hydrogen-bond donors (Lipinski definition) is 3. The average Bonchev–Trinajstić information content (AvgIpc) is 3.34. The average molecular weight is 500 g/mol. The lowest BCUT2D eigenvalue weighted by Crippen LogP contribution is -2.30. The van der Waals surface area contributed by atoms with Crippen molar-refractivity contribution < 1.29 is 22.9 Å². The first-order chi connectivity index (χ1) is 16.6. The normalized spacial score (nSPS) is 13.9. The molecule has 1 aromatic carbocycles. The van der Waals surface area contributed by atoms with Gasteiger partial charge in [0.05, 0.1) is 11.6 Å². The number of nitrogen functional groups attached to an aromatic ring is 1. The van der Waals surface area contributed by atoms with Gasteiger partial charge in [-0.15, -0.1) is 0 Å². The quantitative estimate of drug-likeness (QED) is 0.405. The van der Waals surface area contributed by atoms with Crippen LogP contribution in [0.2, 0.25) is 0 Å². The van der Waals surface area contributed by atoms with Gasteiger partial charge in [0.1, 0.15) is 23.1 Å². The lowest BCUT2D eigenvalue weighted by atomic mass is 9.91. The predicted molar refractivity (Wildman–Crippen MR) is 136 cm³/mol. The molecule has 0 saturated heterocycles. The van der Waals surface area contributed by atoms with E-state index < -0.39 is 23.7 Å². The molecule has 0 aliphatic rings. The van der Waals surface area contributed by atoms with E-state index in [9.17, 15) is 18.4 Å². The summed E-state index contributed by atoms with van der Waals surface area (Å²) in [6.07, 6.45) is 0.700. The molecular formula is C24H31BF2N6O3. The summed E-state index contributed by atoms with van der Waals surface area (Å²) in [5.41, 5.74) is 13.3. The Kier molecular flexibility index (Phi) is 7.29. The van der Waals surface area contributed by atoms with Crippen molar-refractivity contribution in [2.24, 2.45) is 11.1 Å². The fraction of sp³-hybridized carbons (Fsp3) is 0.417. The van der Waals surface area contributed by atoms with Gasteiger partial charge in [0.15, 0.2) is 7.85 Å². The molecule has 3 aromatic rings. The largest absolute Gasteiger partial charge is 0.383 e. The number of halogens is 2. The Balaban J connectivity index is 1.81. The van der Waals surface area contributed by atoms with Crippen LogP contribution in [0.15, 0.2) is 34.9 Å². The molecule has 2 atom stereocenters. The Morgan fingerprint density at radius 1 is 1.19 bits per heavy atom. The first kappa shape index (κ1) is 26.9. The molecule has 0 saturated carbocycles. The molecule has 2 aromatic heterocycles. The Morgan fingerprint density at radius 2 is 1.81 bits per heavy atom. The van der Waals surface area contributed by atoms with Gasteiger partial charge in [-0.25, -0.2) is 13.5 Å². The number of carbonyl (C=O) groups is 2. The minimum atomic E-state index is -3.13. The maximum Gasteiger partial charge on any atom is 0.254 e.